The highest BCUT2D eigenvalue weighted by atomic mass is 16.5. The van der Waals surface area contributed by atoms with E-state index in [2.05, 4.69) is 10.5 Å². The molecule has 0 radical (unpaired) electrons. The number of amides is 1. The molecule has 7 heteroatoms. The average molecular weight is 408 g/mol. The minimum atomic E-state index is -1.18. The highest BCUT2D eigenvalue weighted by molar-refractivity contribution is 5.90. The normalized spacial score (nSPS) is 13.7. The molecule has 1 aliphatic rings. The van der Waals surface area contributed by atoms with Gasteiger partial charge in [0.05, 0.1) is 5.41 Å². The summed E-state index contributed by atoms with van der Waals surface area (Å²) in [4.78, 5) is 22.4. The number of aryl methyl sites for hydroxylation is 1. The smallest absolute Gasteiger partial charge is 0.409 e. The summed E-state index contributed by atoms with van der Waals surface area (Å²) in [6.07, 6.45) is 0.179. The fraction of sp³-hybridized carbons (Fsp3) is 0.261. The third-order valence-corrected chi connectivity index (χ3v) is 5.17. The van der Waals surface area contributed by atoms with Crippen LogP contribution < -0.4 is 5.32 Å². The van der Waals surface area contributed by atoms with E-state index < -0.39 is 17.5 Å². The molecule has 0 unspecified atom stereocenters. The van der Waals surface area contributed by atoms with Crippen molar-refractivity contribution in [2.45, 2.75) is 39.0 Å². The Kier molecular flexibility index (Phi) is 5.91. The van der Waals surface area contributed by atoms with Crippen LogP contribution in [0.3, 0.4) is 0 Å². The molecule has 0 bridgehead atoms. The standard InChI is InChI=1S/C21H18N2O5.C2H6/c1-12-17(22-20(26)27)18(28-23-12)15-4-2-13(3-5-15)14-6-8-16(9-7-14)21(10-11-21)19(24)25;1-2/h2-9,22H,10-11H2,1H3,(H,24,25)(H,26,27);1-2H3. The van der Waals surface area contributed by atoms with Gasteiger partial charge in [0, 0.05) is 5.56 Å². The number of hydrogen-bond acceptors (Lipinski definition) is 4. The van der Waals surface area contributed by atoms with Gasteiger partial charge >= 0.3 is 12.1 Å². The number of carbonyl (C=O) groups is 2. The molecule has 0 aliphatic heterocycles. The molecular formula is C23H24N2O5. The highest BCUT2D eigenvalue weighted by Crippen LogP contribution is 2.48. The Bertz CT molecular complexity index is 1050. The minimum Gasteiger partial charge on any atom is -0.481 e. The molecule has 1 amide bonds. The Hall–Kier alpha value is -3.61. The number of aromatic nitrogens is 1. The quantitative estimate of drug-likeness (QED) is 0.510. The molecule has 1 fully saturated rings. The molecule has 3 aromatic rings. The van der Waals surface area contributed by atoms with Crippen molar-refractivity contribution in [1.82, 2.24) is 5.16 Å². The zero-order valence-corrected chi connectivity index (χ0v) is 17.1. The molecule has 7 nitrogen and oxygen atoms in total. The zero-order chi connectivity index (χ0) is 21.9. The van der Waals surface area contributed by atoms with Crippen LogP contribution >= 0.6 is 0 Å². The van der Waals surface area contributed by atoms with Crippen LogP contribution in [0.1, 0.15) is 37.9 Å². The summed E-state index contributed by atoms with van der Waals surface area (Å²) in [5.41, 5.74) is 3.54. The zero-order valence-electron chi connectivity index (χ0n) is 17.1. The van der Waals surface area contributed by atoms with E-state index in [4.69, 9.17) is 9.63 Å². The number of carboxylic acid groups (broad SMARTS) is 2. The van der Waals surface area contributed by atoms with Crippen LogP contribution in [-0.4, -0.2) is 27.4 Å². The molecule has 1 aliphatic carbocycles. The van der Waals surface area contributed by atoms with Crippen LogP contribution in [0.5, 0.6) is 0 Å². The first-order valence-corrected chi connectivity index (χ1v) is 9.82. The van der Waals surface area contributed by atoms with Crippen LogP contribution in [0.15, 0.2) is 53.1 Å². The summed E-state index contributed by atoms with van der Waals surface area (Å²) in [7, 11) is 0. The largest absolute Gasteiger partial charge is 0.481 e. The van der Waals surface area contributed by atoms with Crippen LogP contribution in [0.2, 0.25) is 0 Å². The number of anilines is 1. The van der Waals surface area contributed by atoms with E-state index in [1.54, 1.807) is 6.92 Å². The number of benzene rings is 2. The Morgan fingerprint density at radius 3 is 1.90 bits per heavy atom. The Morgan fingerprint density at radius 2 is 1.43 bits per heavy atom. The Labute approximate surface area is 174 Å². The first-order chi connectivity index (χ1) is 14.4. The van der Waals surface area contributed by atoms with Crippen LogP contribution in [-0.2, 0) is 10.2 Å². The van der Waals surface area contributed by atoms with Gasteiger partial charge in [-0.3, -0.25) is 10.1 Å². The molecule has 1 aromatic heterocycles. The van der Waals surface area contributed by atoms with Gasteiger partial charge in [0.1, 0.15) is 11.4 Å². The Morgan fingerprint density at radius 1 is 0.933 bits per heavy atom. The van der Waals surface area contributed by atoms with Crippen molar-refractivity contribution in [3.8, 4) is 22.5 Å². The summed E-state index contributed by atoms with van der Waals surface area (Å²) in [6, 6.07) is 15.0. The lowest BCUT2D eigenvalue weighted by atomic mass is 9.93. The molecule has 0 atom stereocenters. The fourth-order valence-corrected chi connectivity index (χ4v) is 3.37. The molecule has 1 heterocycles. The molecule has 3 N–H and O–H groups in total. The number of aliphatic carboxylic acids is 1. The summed E-state index contributed by atoms with van der Waals surface area (Å²) in [6.45, 7) is 5.66. The van der Waals surface area contributed by atoms with E-state index in [0.717, 1.165) is 16.7 Å². The maximum Gasteiger partial charge on any atom is 0.409 e. The van der Waals surface area contributed by atoms with E-state index in [1.807, 2.05) is 62.4 Å². The summed E-state index contributed by atoms with van der Waals surface area (Å²) >= 11 is 0. The van der Waals surface area contributed by atoms with Gasteiger partial charge in [0.25, 0.3) is 0 Å². The van der Waals surface area contributed by atoms with Gasteiger partial charge in [0.15, 0.2) is 5.76 Å². The predicted molar refractivity (Wildman–Crippen MR) is 114 cm³/mol. The van der Waals surface area contributed by atoms with Gasteiger partial charge in [-0.05, 0) is 36.5 Å². The van der Waals surface area contributed by atoms with Crippen molar-refractivity contribution in [3.63, 3.8) is 0 Å². The van der Waals surface area contributed by atoms with Gasteiger partial charge in [0.2, 0.25) is 0 Å². The molecule has 2 aromatic carbocycles. The van der Waals surface area contributed by atoms with Crippen molar-refractivity contribution < 1.29 is 24.3 Å². The van der Waals surface area contributed by atoms with E-state index in [1.165, 1.54) is 0 Å². The Balaban J connectivity index is 0.00000124. The number of nitrogens with one attached hydrogen (secondary N) is 1. The SMILES string of the molecule is CC.Cc1noc(-c2ccc(-c3ccc(C4(C(=O)O)CC4)cc3)cc2)c1NC(=O)O. The van der Waals surface area contributed by atoms with Gasteiger partial charge < -0.3 is 14.7 Å². The monoisotopic (exact) mass is 408 g/mol. The van der Waals surface area contributed by atoms with Crippen LogP contribution in [0.25, 0.3) is 22.5 Å². The van der Waals surface area contributed by atoms with E-state index in [0.29, 0.717) is 35.5 Å². The summed E-state index contributed by atoms with van der Waals surface area (Å²) < 4.78 is 5.28. The van der Waals surface area contributed by atoms with Crippen molar-refractivity contribution in [3.05, 3.63) is 59.8 Å². The average Bonchev–Trinajstić information content (AvgIpc) is 3.50. The number of hydrogen-bond donors (Lipinski definition) is 3. The predicted octanol–water partition coefficient (Wildman–Crippen LogP) is 5.55. The lowest BCUT2D eigenvalue weighted by Gasteiger charge is -2.11. The van der Waals surface area contributed by atoms with Crippen molar-refractivity contribution >= 4 is 17.7 Å². The number of nitrogens with zero attached hydrogens (tertiary/aromatic N) is 1. The second-order valence-electron chi connectivity index (χ2n) is 6.94. The highest BCUT2D eigenvalue weighted by Gasteiger charge is 2.51. The summed E-state index contributed by atoms with van der Waals surface area (Å²) in [5.74, 6) is -0.406. The maximum atomic E-state index is 11.5. The maximum absolute atomic E-state index is 11.5. The molecule has 0 saturated heterocycles. The van der Waals surface area contributed by atoms with Gasteiger partial charge in [-0.25, -0.2) is 4.79 Å². The van der Waals surface area contributed by atoms with Crippen molar-refractivity contribution in [2.75, 3.05) is 5.32 Å². The lowest BCUT2D eigenvalue weighted by molar-refractivity contribution is -0.140. The molecule has 4 rings (SSSR count). The summed E-state index contributed by atoms with van der Waals surface area (Å²) in [5, 5.41) is 24.5. The molecule has 1 saturated carbocycles. The molecule has 0 spiro atoms. The number of rotatable bonds is 5. The third kappa shape index (κ3) is 3.91. The van der Waals surface area contributed by atoms with Crippen LogP contribution in [0, 0.1) is 6.92 Å². The second kappa shape index (κ2) is 8.41. The van der Waals surface area contributed by atoms with E-state index in [9.17, 15) is 14.7 Å². The minimum absolute atomic E-state index is 0.327. The van der Waals surface area contributed by atoms with Crippen molar-refractivity contribution in [2.24, 2.45) is 0 Å². The first-order valence-electron chi connectivity index (χ1n) is 9.82. The molecule has 30 heavy (non-hydrogen) atoms. The van der Waals surface area contributed by atoms with E-state index in [-0.39, 0.29) is 0 Å². The molecular weight excluding hydrogens is 384 g/mol. The van der Waals surface area contributed by atoms with Crippen LogP contribution in [0.4, 0.5) is 10.5 Å². The lowest BCUT2D eigenvalue weighted by Crippen LogP contribution is -2.19. The topological polar surface area (TPSA) is 113 Å². The first kappa shape index (κ1) is 21.1. The van der Waals surface area contributed by atoms with Gasteiger partial charge in [-0.2, -0.15) is 0 Å². The fourth-order valence-electron chi connectivity index (χ4n) is 3.37. The third-order valence-electron chi connectivity index (χ3n) is 5.17. The molecule has 156 valence electrons. The van der Waals surface area contributed by atoms with E-state index >= 15 is 0 Å². The van der Waals surface area contributed by atoms with Gasteiger partial charge in [-0.1, -0.05) is 67.5 Å². The number of carboxylic acids is 1. The van der Waals surface area contributed by atoms with Crippen molar-refractivity contribution in [1.29, 1.82) is 0 Å². The second-order valence-corrected chi connectivity index (χ2v) is 6.94. The van der Waals surface area contributed by atoms with Gasteiger partial charge in [-0.15, -0.1) is 0 Å².